The number of nitrogens with two attached hydrogens (primary N) is 1. The van der Waals surface area contributed by atoms with Crippen LogP contribution in [-0.4, -0.2) is 30.1 Å². The van der Waals surface area contributed by atoms with Crippen LogP contribution < -0.4 is 10.5 Å². The fourth-order valence-electron chi connectivity index (χ4n) is 3.14. The van der Waals surface area contributed by atoms with Crippen LogP contribution in [0, 0.1) is 5.92 Å². The van der Waals surface area contributed by atoms with E-state index in [1.165, 1.54) is 12.0 Å². The molecule has 0 saturated carbocycles. The number of aromatic nitrogens is 1. The maximum atomic E-state index is 5.93. The van der Waals surface area contributed by atoms with E-state index in [1.54, 1.807) is 13.3 Å². The van der Waals surface area contributed by atoms with Crippen LogP contribution >= 0.6 is 0 Å². The molecule has 1 atom stereocenters. The maximum absolute atomic E-state index is 5.93. The number of nitrogens with zero attached hydrogens (tertiary/aromatic N) is 2. The lowest BCUT2D eigenvalue weighted by Gasteiger charge is -2.17. The number of anilines is 1. The van der Waals surface area contributed by atoms with Crippen LogP contribution in [0.15, 0.2) is 42.6 Å². The van der Waals surface area contributed by atoms with Crippen molar-refractivity contribution >= 4 is 5.82 Å². The number of pyridine rings is 1. The fraction of sp³-hybridized carbons (Fsp3) is 0.389. The van der Waals surface area contributed by atoms with Crippen molar-refractivity contribution in [1.29, 1.82) is 0 Å². The second-order valence-electron chi connectivity index (χ2n) is 5.99. The van der Waals surface area contributed by atoms with Gasteiger partial charge in [0.15, 0.2) is 0 Å². The molecule has 0 bridgehead atoms. The first kappa shape index (κ1) is 14.9. The second kappa shape index (κ2) is 6.79. The van der Waals surface area contributed by atoms with Gasteiger partial charge in [0.25, 0.3) is 0 Å². The standard InChI is InChI=1S/C18H23N3O/c1-22-17-6-4-14(5-7-17)11-15-8-10-21(12-15)13-16-3-2-9-20-18(16)19/h2-7,9,15H,8,10-13H2,1H3,(H2,19,20). The predicted molar refractivity (Wildman–Crippen MR) is 88.7 cm³/mol. The van der Waals surface area contributed by atoms with Gasteiger partial charge < -0.3 is 10.5 Å². The van der Waals surface area contributed by atoms with Crippen LogP contribution in [0.5, 0.6) is 5.75 Å². The molecule has 4 nitrogen and oxygen atoms in total. The lowest BCUT2D eigenvalue weighted by atomic mass is 9.99. The second-order valence-corrected chi connectivity index (χ2v) is 5.99. The molecule has 1 aliphatic rings. The minimum atomic E-state index is 0.654. The largest absolute Gasteiger partial charge is 0.497 e. The van der Waals surface area contributed by atoms with Gasteiger partial charge in [-0.05, 0) is 49.1 Å². The first-order valence-electron chi connectivity index (χ1n) is 7.79. The zero-order valence-electron chi connectivity index (χ0n) is 13.0. The number of benzene rings is 1. The summed E-state index contributed by atoms with van der Waals surface area (Å²) in [4.78, 5) is 6.64. The van der Waals surface area contributed by atoms with Gasteiger partial charge in [0.1, 0.15) is 11.6 Å². The van der Waals surface area contributed by atoms with Gasteiger partial charge in [-0.25, -0.2) is 4.98 Å². The molecule has 116 valence electrons. The van der Waals surface area contributed by atoms with Crippen molar-refractivity contribution in [3.05, 3.63) is 53.7 Å². The molecule has 2 aromatic rings. The normalized spacial score (nSPS) is 18.5. The van der Waals surface area contributed by atoms with E-state index >= 15 is 0 Å². The molecule has 0 radical (unpaired) electrons. The van der Waals surface area contributed by atoms with Crippen molar-refractivity contribution < 1.29 is 4.74 Å². The Bertz CT molecular complexity index is 612. The van der Waals surface area contributed by atoms with E-state index in [-0.39, 0.29) is 0 Å². The van der Waals surface area contributed by atoms with Gasteiger partial charge in [0, 0.05) is 24.8 Å². The third-order valence-electron chi connectivity index (χ3n) is 4.37. The Morgan fingerprint density at radius 2 is 2.09 bits per heavy atom. The summed E-state index contributed by atoms with van der Waals surface area (Å²) in [6.45, 7) is 3.16. The van der Waals surface area contributed by atoms with Crippen LogP contribution in [0.3, 0.4) is 0 Å². The maximum Gasteiger partial charge on any atom is 0.127 e. The molecule has 0 spiro atoms. The summed E-state index contributed by atoms with van der Waals surface area (Å²) in [6, 6.07) is 12.4. The van der Waals surface area contributed by atoms with Gasteiger partial charge >= 0.3 is 0 Å². The molecule has 1 unspecified atom stereocenters. The monoisotopic (exact) mass is 297 g/mol. The van der Waals surface area contributed by atoms with Crippen LogP contribution in [0.2, 0.25) is 0 Å². The summed E-state index contributed by atoms with van der Waals surface area (Å²) < 4.78 is 5.21. The Labute approximate surface area is 131 Å². The molecular formula is C18H23N3O. The summed E-state index contributed by atoms with van der Waals surface area (Å²) in [6.07, 6.45) is 4.12. The van der Waals surface area contributed by atoms with Crippen LogP contribution in [0.1, 0.15) is 17.5 Å². The van der Waals surface area contributed by atoms with E-state index in [0.717, 1.165) is 37.4 Å². The number of hydrogen-bond acceptors (Lipinski definition) is 4. The first-order valence-corrected chi connectivity index (χ1v) is 7.79. The van der Waals surface area contributed by atoms with E-state index in [4.69, 9.17) is 10.5 Å². The molecule has 4 heteroatoms. The van der Waals surface area contributed by atoms with Crippen LogP contribution in [0.25, 0.3) is 0 Å². The molecule has 1 fully saturated rings. The minimum absolute atomic E-state index is 0.654. The fourth-order valence-corrected chi connectivity index (χ4v) is 3.14. The highest BCUT2D eigenvalue weighted by Crippen LogP contribution is 2.24. The number of hydrogen-bond donors (Lipinski definition) is 1. The zero-order chi connectivity index (χ0) is 15.4. The topological polar surface area (TPSA) is 51.4 Å². The molecule has 1 aliphatic heterocycles. The van der Waals surface area contributed by atoms with Crippen LogP contribution in [-0.2, 0) is 13.0 Å². The Balaban J connectivity index is 1.54. The molecule has 2 heterocycles. The number of ether oxygens (including phenoxy) is 1. The van der Waals surface area contributed by atoms with Crippen molar-refractivity contribution in [2.24, 2.45) is 5.92 Å². The summed E-state index contributed by atoms with van der Waals surface area (Å²) in [5, 5.41) is 0. The van der Waals surface area contributed by atoms with Crippen molar-refractivity contribution in [2.45, 2.75) is 19.4 Å². The summed E-state index contributed by atoms with van der Waals surface area (Å²) in [7, 11) is 1.70. The van der Waals surface area contributed by atoms with E-state index in [0.29, 0.717) is 11.7 Å². The Morgan fingerprint density at radius 1 is 1.27 bits per heavy atom. The van der Waals surface area contributed by atoms with Gasteiger partial charge in [-0.2, -0.15) is 0 Å². The number of likely N-dealkylation sites (tertiary alicyclic amines) is 1. The average Bonchev–Trinajstić information content (AvgIpc) is 2.97. The van der Waals surface area contributed by atoms with E-state index in [1.807, 2.05) is 18.2 Å². The number of rotatable bonds is 5. The Kier molecular flexibility index (Phi) is 4.59. The van der Waals surface area contributed by atoms with Crippen molar-refractivity contribution in [2.75, 3.05) is 25.9 Å². The molecule has 0 amide bonds. The third kappa shape index (κ3) is 3.57. The Hall–Kier alpha value is -2.07. The van der Waals surface area contributed by atoms with Crippen molar-refractivity contribution in [3.8, 4) is 5.75 Å². The molecule has 1 aromatic heterocycles. The van der Waals surface area contributed by atoms with Gasteiger partial charge in [-0.1, -0.05) is 18.2 Å². The lowest BCUT2D eigenvalue weighted by molar-refractivity contribution is 0.316. The van der Waals surface area contributed by atoms with Crippen molar-refractivity contribution in [1.82, 2.24) is 9.88 Å². The molecule has 2 N–H and O–H groups in total. The molecule has 1 saturated heterocycles. The van der Waals surface area contributed by atoms with Gasteiger partial charge in [0.05, 0.1) is 7.11 Å². The summed E-state index contributed by atoms with van der Waals surface area (Å²) in [5.74, 6) is 2.29. The lowest BCUT2D eigenvalue weighted by Crippen LogP contribution is -2.21. The summed E-state index contributed by atoms with van der Waals surface area (Å²) >= 11 is 0. The minimum Gasteiger partial charge on any atom is -0.497 e. The zero-order valence-corrected chi connectivity index (χ0v) is 13.0. The Morgan fingerprint density at radius 3 is 2.82 bits per heavy atom. The third-order valence-corrected chi connectivity index (χ3v) is 4.37. The van der Waals surface area contributed by atoms with E-state index in [2.05, 4.69) is 28.1 Å². The van der Waals surface area contributed by atoms with E-state index in [9.17, 15) is 0 Å². The van der Waals surface area contributed by atoms with Gasteiger partial charge in [-0.15, -0.1) is 0 Å². The van der Waals surface area contributed by atoms with E-state index < -0.39 is 0 Å². The average molecular weight is 297 g/mol. The smallest absolute Gasteiger partial charge is 0.127 e. The van der Waals surface area contributed by atoms with Gasteiger partial charge in [-0.3, -0.25) is 4.90 Å². The predicted octanol–water partition coefficient (Wildman–Crippen LogP) is 2.74. The first-order chi connectivity index (χ1) is 10.7. The molecule has 22 heavy (non-hydrogen) atoms. The highest BCUT2D eigenvalue weighted by atomic mass is 16.5. The quantitative estimate of drug-likeness (QED) is 0.922. The number of nitrogen functional groups attached to an aromatic ring is 1. The molecule has 0 aliphatic carbocycles. The highest BCUT2D eigenvalue weighted by Gasteiger charge is 2.23. The molecule has 3 rings (SSSR count). The van der Waals surface area contributed by atoms with Gasteiger partial charge in [0.2, 0.25) is 0 Å². The highest BCUT2D eigenvalue weighted by molar-refractivity contribution is 5.38. The van der Waals surface area contributed by atoms with Crippen molar-refractivity contribution in [3.63, 3.8) is 0 Å². The number of methoxy groups -OCH3 is 1. The SMILES string of the molecule is COc1ccc(CC2CCN(Cc3cccnc3N)C2)cc1. The molecule has 1 aromatic carbocycles. The summed E-state index contributed by atoms with van der Waals surface area (Å²) in [5.41, 5.74) is 8.45. The molecular weight excluding hydrogens is 274 g/mol. The van der Waals surface area contributed by atoms with Crippen LogP contribution in [0.4, 0.5) is 5.82 Å².